The number of fused-ring (bicyclic) bond motifs is 1. The van der Waals surface area contributed by atoms with Gasteiger partial charge in [0.25, 0.3) is 5.91 Å². The summed E-state index contributed by atoms with van der Waals surface area (Å²) in [5.74, 6) is -0.474. The molecule has 0 saturated heterocycles. The maximum atomic E-state index is 13.8. The van der Waals surface area contributed by atoms with Gasteiger partial charge in [-0.1, -0.05) is 25.1 Å². The molecule has 1 aliphatic heterocycles. The Bertz CT molecular complexity index is 1300. The number of para-hydroxylation sites is 1. The van der Waals surface area contributed by atoms with E-state index in [-0.39, 0.29) is 11.8 Å². The molecule has 182 valence electrons. The first-order chi connectivity index (χ1) is 16.6. The molecule has 1 aromatic heterocycles. The Labute approximate surface area is 204 Å². The van der Waals surface area contributed by atoms with E-state index in [4.69, 9.17) is 10.2 Å². The number of oxazole rings is 1. The van der Waals surface area contributed by atoms with Crippen molar-refractivity contribution in [2.75, 3.05) is 11.4 Å². The first kappa shape index (κ1) is 24.2. The van der Waals surface area contributed by atoms with Gasteiger partial charge in [0.1, 0.15) is 12.3 Å². The quantitative estimate of drug-likeness (QED) is 0.586. The van der Waals surface area contributed by atoms with Gasteiger partial charge in [-0.3, -0.25) is 14.4 Å². The van der Waals surface area contributed by atoms with E-state index in [1.165, 1.54) is 0 Å². The fraction of sp³-hybridized carbons (Fsp3) is 0.333. The largest absolute Gasteiger partial charge is 0.444 e. The van der Waals surface area contributed by atoms with E-state index in [2.05, 4.69) is 10.3 Å². The van der Waals surface area contributed by atoms with Crippen LogP contribution >= 0.6 is 0 Å². The number of hydrogen-bond acceptors (Lipinski definition) is 5. The third-order valence-corrected chi connectivity index (χ3v) is 6.64. The van der Waals surface area contributed by atoms with Gasteiger partial charge in [0.2, 0.25) is 17.7 Å². The standard InChI is InChI=1S/C27H30N4O4/c1-16-13-19(24-29-17(2)15-35-24)9-10-21(16)25(33)31-12-11-27(4,26(34)30-18(3)23(28)32)14-20-7-5-6-8-22(20)31/h5-10,13,15,18H,11-12,14H2,1-4H3,(H2,28,32)(H,30,34)/t18-,27?/m0/s1. The molecule has 35 heavy (non-hydrogen) atoms. The Morgan fingerprint density at radius 1 is 1.17 bits per heavy atom. The number of aromatic nitrogens is 1. The van der Waals surface area contributed by atoms with E-state index in [9.17, 15) is 14.4 Å². The van der Waals surface area contributed by atoms with Gasteiger partial charge in [-0.25, -0.2) is 4.98 Å². The summed E-state index contributed by atoms with van der Waals surface area (Å²) in [5.41, 5.74) is 9.17. The summed E-state index contributed by atoms with van der Waals surface area (Å²) in [6.45, 7) is 7.52. The molecule has 1 unspecified atom stereocenters. The predicted molar refractivity (Wildman–Crippen MR) is 133 cm³/mol. The summed E-state index contributed by atoms with van der Waals surface area (Å²) >= 11 is 0. The average molecular weight is 475 g/mol. The fourth-order valence-corrected chi connectivity index (χ4v) is 4.43. The van der Waals surface area contributed by atoms with E-state index in [1.807, 2.05) is 57.2 Å². The Hall–Kier alpha value is -3.94. The Balaban J connectivity index is 1.64. The van der Waals surface area contributed by atoms with E-state index in [0.29, 0.717) is 30.8 Å². The van der Waals surface area contributed by atoms with Crippen LogP contribution in [0.5, 0.6) is 0 Å². The number of carbonyl (C=O) groups excluding carboxylic acids is 3. The number of nitrogens with two attached hydrogens (primary N) is 1. The van der Waals surface area contributed by atoms with Crippen LogP contribution < -0.4 is 16.0 Å². The lowest BCUT2D eigenvalue weighted by molar-refractivity contribution is -0.133. The van der Waals surface area contributed by atoms with Crippen molar-refractivity contribution in [1.82, 2.24) is 10.3 Å². The second-order valence-corrected chi connectivity index (χ2v) is 9.49. The number of nitrogens with one attached hydrogen (secondary N) is 1. The highest BCUT2D eigenvalue weighted by Gasteiger charge is 2.39. The molecule has 0 fully saturated rings. The van der Waals surface area contributed by atoms with Gasteiger partial charge >= 0.3 is 0 Å². The second-order valence-electron chi connectivity index (χ2n) is 9.49. The van der Waals surface area contributed by atoms with Gasteiger partial charge in [-0.2, -0.15) is 0 Å². The maximum absolute atomic E-state index is 13.8. The number of primary amides is 1. The van der Waals surface area contributed by atoms with Crippen molar-refractivity contribution < 1.29 is 18.8 Å². The monoisotopic (exact) mass is 474 g/mol. The van der Waals surface area contributed by atoms with Crippen LogP contribution in [0.4, 0.5) is 5.69 Å². The van der Waals surface area contributed by atoms with Crippen LogP contribution in [0.15, 0.2) is 53.1 Å². The third-order valence-electron chi connectivity index (χ3n) is 6.64. The van der Waals surface area contributed by atoms with E-state index in [1.54, 1.807) is 24.2 Å². The van der Waals surface area contributed by atoms with Crippen molar-refractivity contribution in [2.45, 2.75) is 46.6 Å². The summed E-state index contributed by atoms with van der Waals surface area (Å²) in [6, 6.07) is 12.4. The molecule has 3 aromatic rings. The molecule has 0 radical (unpaired) electrons. The van der Waals surface area contributed by atoms with E-state index >= 15 is 0 Å². The molecule has 2 heterocycles. The van der Waals surface area contributed by atoms with Crippen LogP contribution in [-0.2, 0) is 16.0 Å². The van der Waals surface area contributed by atoms with Crippen LogP contribution in [0.2, 0.25) is 0 Å². The molecule has 4 rings (SSSR count). The van der Waals surface area contributed by atoms with E-state index in [0.717, 1.165) is 28.1 Å². The van der Waals surface area contributed by atoms with Gasteiger partial charge in [0.05, 0.1) is 11.1 Å². The zero-order valence-corrected chi connectivity index (χ0v) is 20.4. The SMILES string of the molecule is Cc1coc(-c2ccc(C(=O)N3CCC(C)(C(=O)N[C@@H](C)C(N)=O)Cc4ccccc43)c(C)c2)n1. The molecular formula is C27H30N4O4. The van der Waals surface area contributed by atoms with E-state index < -0.39 is 17.4 Å². The maximum Gasteiger partial charge on any atom is 0.258 e. The molecule has 3 N–H and O–H groups in total. The van der Waals surface area contributed by atoms with Crippen molar-refractivity contribution in [3.63, 3.8) is 0 Å². The van der Waals surface area contributed by atoms with Crippen molar-refractivity contribution in [1.29, 1.82) is 0 Å². The lowest BCUT2D eigenvalue weighted by atomic mass is 9.80. The second kappa shape index (κ2) is 9.37. The predicted octanol–water partition coefficient (Wildman–Crippen LogP) is 3.55. The average Bonchev–Trinajstić information content (AvgIpc) is 3.18. The zero-order valence-electron chi connectivity index (χ0n) is 20.4. The Kier molecular flexibility index (Phi) is 6.47. The molecule has 2 atom stereocenters. The summed E-state index contributed by atoms with van der Waals surface area (Å²) in [5, 5.41) is 2.72. The highest BCUT2D eigenvalue weighted by molar-refractivity contribution is 6.08. The molecule has 0 saturated carbocycles. The zero-order chi connectivity index (χ0) is 25.3. The number of carbonyl (C=O) groups is 3. The van der Waals surface area contributed by atoms with Crippen LogP contribution in [0, 0.1) is 19.3 Å². The lowest BCUT2D eigenvalue weighted by Gasteiger charge is -2.28. The van der Waals surface area contributed by atoms with Crippen LogP contribution in [0.3, 0.4) is 0 Å². The molecule has 0 bridgehead atoms. The van der Waals surface area contributed by atoms with Crippen LogP contribution in [0.1, 0.15) is 47.4 Å². The number of nitrogens with zero attached hydrogens (tertiary/aromatic N) is 2. The minimum atomic E-state index is -0.809. The van der Waals surface area contributed by atoms with Crippen molar-refractivity contribution in [3.05, 3.63) is 71.1 Å². The fourth-order valence-electron chi connectivity index (χ4n) is 4.43. The Morgan fingerprint density at radius 3 is 2.57 bits per heavy atom. The number of aryl methyl sites for hydroxylation is 2. The number of anilines is 1. The van der Waals surface area contributed by atoms with Gasteiger partial charge in [-0.15, -0.1) is 0 Å². The summed E-state index contributed by atoms with van der Waals surface area (Å²) < 4.78 is 5.50. The number of rotatable bonds is 5. The first-order valence-corrected chi connectivity index (χ1v) is 11.6. The molecule has 3 amide bonds. The number of amides is 3. The molecule has 8 nitrogen and oxygen atoms in total. The smallest absolute Gasteiger partial charge is 0.258 e. The third kappa shape index (κ3) is 4.82. The molecule has 2 aromatic carbocycles. The van der Waals surface area contributed by atoms with Gasteiger partial charge < -0.3 is 20.4 Å². The summed E-state index contributed by atoms with van der Waals surface area (Å²) in [4.78, 5) is 44.5. The normalized spacial score (nSPS) is 18.3. The van der Waals surface area contributed by atoms with Crippen molar-refractivity contribution in [3.8, 4) is 11.5 Å². The molecular weight excluding hydrogens is 444 g/mol. The van der Waals surface area contributed by atoms with Gasteiger partial charge in [0, 0.05) is 23.4 Å². The minimum Gasteiger partial charge on any atom is -0.444 e. The minimum absolute atomic E-state index is 0.139. The van der Waals surface area contributed by atoms with Gasteiger partial charge in [0.15, 0.2) is 0 Å². The van der Waals surface area contributed by atoms with Gasteiger partial charge in [-0.05, 0) is 69.0 Å². The van der Waals surface area contributed by atoms with Crippen molar-refractivity contribution >= 4 is 23.4 Å². The Morgan fingerprint density at radius 2 is 1.91 bits per heavy atom. The molecule has 8 heteroatoms. The first-order valence-electron chi connectivity index (χ1n) is 11.6. The highest BCUT2D eigenvalue weighted by atomic mass is 16.3. The summed E-state index contributed by atoms with van der Waals surface area (Å²) in [7, 11) is 0. The molecule has 0 aliphatic carbocycles. The number of benzene rings is 2. The molecule has 0 spiro atoms. The van der Waals surface area contributed by atoms with Crippen LogP contribution in [0.25, 0.3) is 11.5 Å². The number of hydrogen-bond donors (Lipinski definition) is 2. The topological polar surface area (TPSA) is 119 Å². The van der Waals surface area contributed by atoms with Crippen LogP contribution in [-0.4, -0.2) is 35.3 Å². The molecule has 1 aliphatic rings. The lowest BCUT2D eigenvalue weighted by Crippen LogP contribution is -2.49. The highest BCUT2D eigenvalue weighted by Crippen LogP contribution is 2.37. The summed E-state index contributed by atoms with van der Waals surface area (Å²) in [6.07, 6.45) is 2.46. The van der Waals surface area contributed by atoms with Crippen molar-refractivity contribution in [2.24, 2.45) is 11.1 Å².